The molecule has 0 heterocycles. The predicted octanol–water partition coefficient (Wildman–Crippen LogP) is 2.01. The van der Waals surface area contributed by atoms with E-state index in [1.807, 2.05) is 13.8 Å². The minimum Gasteiger partial charge on any atom is -0.390 e. The molecule has 0 aliphatic rings. The second kappa shape index (κ2) is 9.58. The van der Waals surface area contributed by atoms with E-state index in [1.165, 1.54) is 0 Å². The van der Waals surface area contributed by atoms with Crippen LogP contribution in [0, 0.1) is 0 Å². The fourth-order valence-electron chi connectivity index (χ4n) is 1.69. The summed E-state index contributed by atoms with van der Waals surface area (Å²) in [5, 5.41) is 12.7. The van der Waals surface area contributed by atoms with Crippen molar-refractivity contribution in [2.75, 3.05) is 32.7 Å². The first-order valence-corrected chi connectivity index (χ1v) is 6.57. The molecule has 0 fully saturated rings. The summed E-state index contributed by atoms with van der Waals surface area (Å²) in [4.78, 5) is 2.11. The van der Waals surface area contributed by atoms with Gasteiger partial charge in [-0.15, -0.1) is 0 Å². The van der Waals surface area contributed by atoms with Gasteiger partial charge in [0.2, 0.25) is 0 Å². The molecule has 0 radical (unpaired) electrons. The minimum atomic E-state index is -4.05. The van der Waals surface area contributed by atoms with Gasteiger partial charge in [-0.3, -0.25) is 0 Å². The second-order valence-corrected chi connectivity index (χ2v) is 4.42. The molecule has 0 saturated heterocycles. The maximum atomic E-state index is 11.8. The molecule has 0 saturated carbocycles. The zero-order valence-corrected chi connectivity index (χ0v) is 11.3. The summed E-state index contributed by atoms with van der Waals surface area (Å²) in [6, 6.07) is 0. The van der Waals surface area contributed by atoms with Gasteiger partial charge >= 0.3 is 6.18 Å². The Balaban J connectivity index is 3.43. The van der Waals surface area contributed by atoms with Gasteiger partial charge in [-0.05, 0) is 32.5 Å². The normalized spacial score (nSPS) is 14.2. The Hall–Kier alpha value is -0.330. The SMILES string of the molecule is CCN(CC)CC(O)CNCCCCC(F)(F)F. The van der Waals surface area contributed by atoms with E-state index in [4.69, 9.17) is 0 Å². The van der Waals surface area contributed by atoms with E-state index in [-0.39, 0.29) is 6.42 Å². The van der Waals surface area contributed by atoms with E-state index in [9.17, 15) is 18.3 Å². The molecule has 0 aromatic heterocycles. The molecule has 2 N–H and O–H groups in total. The maximum Gasteiger partial charge on any atom is 0.389 e. The summed E-state index contributed by atoms with van der Waals surface area (Å²) in [6.07, 6.45) is -4.62. The second-order valence-electron chi connectivity index (χ2n) is 4.42. The highest BCUT2D eigenvalue weighted by molar-refractivity contribution is 4.65. The van der Waals surface area contributed by atoms with Crippen LogP contribution in [0.2, 0.25) is 0 Å². The van der Waals surface area contributed by atoms with Crippen molar-refractivity contribution in [3.63, 3.8) is 0 Å². The van der Waals surface area contributed by atoms with Gasteiger partial charge in [0.15, 0.2) is 0 Å². The summed E-state index contributed by atoms with van der Waals surface area (Å²) in [5.74, 6) is 0. The summed E-state index contributed by atoms with van der Waals surface area (Å²) in [6.45, 7) is 7.39. The number of aliphatic hydroxyl groups is 1. The molecule has 1 unspecified atom stereocenters. The number of alkyl halides is 3. The van der Waals surface area contributed by atoms with Crippen molar-refractivity contribution in [3.05, 3.63) is 0 Å². The van der Waals surface area contributed by atoms with E-state index < -0.39 is 18.7 Å². The molecule has 0 bridgehead atoms. The monoisotopic (exact) mass is 270 g/mol. The van der Waals surface area contributed by atoms with Gasteiger partial charge in [-0.1, -0.05) is 13.8 Å². The van der Waals surface area contributed by atoms with Crippen molar-refractivity contribution in [1.82, 2.24) is 10.2 Å². The molecule has 6 heteroatoms. The zero-order valence-electron chi connectivity index (χ0n) is 11.3. The Morgan fingerprint density at radius 1 is 1.17 bits per heavy atom. The lowest BCUT2D eigenvalue weighted by Crippen LogP contribution is -2.38. The average Bonchev–Trinajstić information content (AvgIpc) is 2.29. The molecule has 18 heavy (non-hydrogen) atoms. The number of halogens is 3. The minimum absolute atomic E-state index is 0.142. The summed E-state index contributed by atoms with van der Waals surface area (Å²) < 4.78 is 35.5. The molecule has 0 rings (SSSR count). The van der Waals surface area contributed by atoms with Crippen LogP contribution in [0.1, 0.15) is 33.1 Å². The van der Waals surface area contributed by atoms with Gasteiger partial charge < -0.3 is 15.3 Å². The first kappa shape index (κ1) is 17.7. The van der Waals surface area contributed by atoms with Gasteiger partial charge in [0.05, 0.1) is 6.10 Å². The lowest BCUT2D eigenvalue weighted by atomic mass is 10.2. The van der Waals surface area contributed by atoms with Gasteiger partial charge in [0.25, 0.3) is 0 Å². The first-order valence-electron chi connectivity index (χ1n) is 6.57. The maximum absolute atomic E-state index is 11.8. The molecule has 0 aliphatic heterocycles. The van der Waals surface area contributed by atoms with Crippen LogP contribution in [0.15, 0.2) is 0 Å². The van der Waals surface area contributed by atoms with Crippen molar-refractivity contribution in [2.45, 2.75) is 45.4 Å². The largest absolute Gasteiger partial charge is 0.390 e. The predicted molar refractivity (Wildman–Crippen MR) is 66.6 cm³/mol. The van der Waals surface area contributed by atoms with E-state index in [2.05, 4.69) is 10.2 Å². The Bertz CT molecular complexity index is 196. The summed E-state index contributed by atoms with van der Waals surface area (Å²) >= 11 is 0. The molecule has 0 aromatic carbocycles. The topological polar surface area (TPSA) is 35.5 Å². The van der Waals surface area contributed by atoms with Crippen LogP contribution in [0.5, 0.6) is 0 Å². The van der Waals surface area contributed by atoms with Crippen molar-refractivity contribution in [1.29, 1.82) is 0 Å². The molecule has 0 aromatic rings. The van der Waals surface area contributed by atoms with Crippen molar-refractivity contribution < 1.29 is 18.3 Å². The standard InChI is InChI=1S/C12H25F3N2O/c1-3-17(4-2)10-11(18)9-16-8-6-5-7-12(13,14)15/h11,16,18H,3-10H2,1-2H3. The van der Waals surface area contributed by atoms with Crippen LogP contribution >= 0.6 is 0 Å². The van der Waals surface area contributed by atoms with Crippen LogP contribution in [0.25, 0.3) is 0 Å². The fraction of sp³-hybridized carbons (Fsp3) is 1.00. The number of rotatable bonds is 10. The van der Waals surface area contributed by atoms with E-state index in [0.29, 0.717) is 26.1 Å². The van der Waals surface area contributed by atoms with Crippen LogP contribution < -0.4 is 5.32 Å². The molecule has 0 spiro atoms. The molecule has 3 nitrogen and oxygen atoms in total. The van der Waals surface area contributed by atoms with Crippen LogP contribution in [0.3, 0.4) is 0 Å². The lowest BCUT2D eigenvalue weighted by molar-refractivity contribution is -0.135. The van der Waals surface area contributed by atoms with Crippen molar-refractivity contribution >= 4 is 0 Å². The number of nitrogens with one attached hydrogen (secondary N) is 1. The Morgan fingerprint density at radius 2 is 1.78 bits per heavy atom. The Kier molecular flexibility index (Phi) is 9.40. The highest BCUT2D eigenvalue weighted by Gasteiger charge is 2.25. The fourth-order valence-corrected chi connectivity index (χ4v) is 1.69. The zero-order chi connectivity index (χ0) is 14.0. The first-order chi connectivity index (χ1) is 8.39. The quantitative estimate of drug-likeness (QED) is 0.596. The third-order valence-electron chi connectivity index (χ3n) is 2.81. The third-order valence-corrected chi connectivity index (χ3v) is 2.81. The van der Waals surface area contributed by atoms with E-state index >= 15 is 0 Å². The van der Waals surface area contributed by atoms with Crippen LogP contribution in [-0.4, -0.2) is 55.0 Å². The van der Waals surface area contributed by atoms with Crippen molar-refractivity contribution in [3.8, 4) is 0 Å². The van der Waals surface area contributed by atoms with E-state index in [0.717, 1.165) is 13.1 Å². The Morgan fingerprint density at radius 3 is 2.28 bits per heavy atom. The number of aliphatic hydroxyl groups excluding tert-OH is 1. The summed E-state index contributed by atoms with van der Waals surface area (Å²) in [7, 11) is 0. The number of likely N-dealkylation sites (N-methyl/N-ethyl adjacent to an activating group) is 1. The summed E-state index contributed by atoms with van der Waals surface area (Å²) in [5.41, 5.74) is 0. The molecule has 0 amide bonds. The van der Waals surface area contributed by atoms with Gasteiger partial charge in [-0.2, -0.15) is 13.2 Å². The number of nitrogens with zero attached hydrogens (tertiary/aromatic N) is 1. The average molecular weight is 270 g/mol. The molecule has 110 valence electrons. The van der Waals surface area contributed by atoms with Gasteiger partial charge in [0, 0.05) is 19.5 Å². The van der Waals surface area contributed by atoms with Gasteiger partial charge in [0.1, 0.15) is 0 Å². The highest BCUT2D eigenvalue weighted by Crippen LogP contribution is 2.21. The van der Waals surface area contributed by atoms with E-state index in [1.54, 1.807) is 0 Å². The van der Waals surface area contributed by atoms with Gasteiger partial charge in [-0.25, -0.2) is 0 Å². The third kappa shape index (κ3) is 10.8. The Labute approximate surface area is 107 Å². The van der Waals surface area contributed by atoms with Crippen molar-refractivity contribution in [2.24, 2.45) is 0 Å². The number of hydrogen-bond donors (Lipinski definition) is 2. The highest BCUT2D eigenvalue weighted by atomic mass is 19.4. The smallest absolute Gasteiger partial charge is 0.389 e. The molecular weight excluding hydrogens is 245 g/mol. The molecule has 0 aliphatic carbocycles. The number of hydrogen-bond acceptors (Lipinski definition) is 3. The molecule has 1 atom stereocenters. The number of unbranched alkanes of at least 4 members (excludes halogenated alkanes) is 1. The van der Waals surface area contributed by atoms with Crippen LogP contribution in [-0.2, 0) is 0 Å². The molecular formula is C12H25F3N2O. The van der Waals surface area contributed by atoms with Crippen LogP contribution in [0.4, 0.5) is 13.2 Å². The lowest BCUT2D eigenvalue weighted by Gasteiger charge is -2.22.